The molecule has 0 saturated carbocycles. The number of fused-ring (bicyclic) bond motifs is 1. The SMILES string of the molecule is CC1CN2CCCC2CN1CCC(=O)N1CCNCC1. The predicted octanol–water partition coefficient (Wildman–Crippen LogP) is -0.0232. The lowest BCUT2D eigenvalue weighted by Gasteiger charge is -2.42. The Labute approximate surface area is 122 Å². The zero-order valence-electron chi connectivity index (χ0n) is 12.7. The van der Waals surface area contributed by atoms with Crippen molar-refractivity contribution in [2.24, 2.45) is 0 Å². The van der Waals surface area contributed by atoms with Crippen LogP contribution in [0, 0.1) is 0 Å². The van der Waals surface area contributed by atoms with Crippen molar-refractivity contribution in [3.8, 4) is 0 Å². The number of carbonyl (C=O) groups excluding carboxylic acids is 1. The van der Waals surface area contributed by atoms with Crippen LogP contribution in [-0.2, 0) is 4.79 Å². The highest BCUT2D eigenvalue weighted by molar-refractivity contribution is 5.76. The molecule has 3 aliphatic heterocycles. The Hall–Kier alpha value is -0.650. The highest BCUT2D eigenvalue weighted by Gasteiger charge is 2.34. The first-order valence-electron chi connectivity index (χ1n) is 8.20. The van der Waals surface area contributed by atoms with Crippen molar-refractivity contribution < 1.29 is 4.79 Å². The van der Waals surface area contributed by atoms with Crippen molar-refractivity contribution in [2.75, 3.05) is 52.4 Å². The summed E-state index contributed by atoms with van der Waals surface area (Å²) >= 11 is 0. The van der Waals surface area contributed by atoms with E-state index >= 15 is 0 Å². The summed E-state index contributed by atoms with van der Waals surface area (Å²) in [5.74, 6) is 0.340. The van der Waals surface area contributed by atoms with Crippen LogP contribution in [0.15, 0.2) is 0 Å². The summed E-state index contributed by atoms with van der Waals surface area (Å²) in [6.45, 7) is 10.5. The molecule has 5 nitrogen and oxygen atoms in total. The summed E-state index contributed by atoms with van der Waals surface area (Å²) in [5, 5.41) is 3.30. The van der Waals surface area contributed by atoms with Crippen LogP contribution in [-0.4, -0.2) is 85.0 Å². The second-order valence-corrected chi connectivity index (χ2v) is 6.52. The van der Waals surface area contributed by atoms with Crippen LogP contribution >= 0.6 is 0 Å². The van der Waals surface area contributed by atoms with Crippen LogP contribution in [0.5, 0.6) is 0 Å². The first-order chi connectivity index (χ1) is 9.74. The van der Waals surface area contributed by atoms with E-state index in [-0.39, 0.29) is 0 Å². The van der Waals surface area contributed by atoms with Crippen LogP contribution in [0.4, 0.5) is 0 Å². The summed E-state index contributed by atoms with van der Waals surface area (Å²) in [5.41, 5.74) is 0. The van der Waals surface area contributed by atoms with E-state index < -0.39 is 0 Å². The molecule has 3 aliphatic rings. The topological polar surface area (TPSA) is 38.8 Å². The lowest BCUT2D eigenvalue weighted by molar-refractivity contribution is -0.132. The molecule has 0 bridgehead atoms. The van der Waals surface area contributed by atoms with E-state index in [1.165, 1.54) is 25.9 Å². The standard InChI is InChI=1S/C15H28N4O/c1-13-11-19-7-2-3-14(19)12-18(13)8-4-15(20)17-9-5-16-6-10-17/h13-14,16H,2-12H2,1H3. The van der Waals surface area contributed by atoms with Gasteiger partial charge >= 0.3 is 0 Å². The van der Waals surface area contributed by atoms with Crippen molar-refractivity contribution in [2.45, 2.75) is 38.3 Å². The molecule has 5 heteroatoms. The molecule has 114 valence electrons. The zero-order valence-corrected chi connectivity index (χ0v) is 12.7. The smallest absolute Gasteiger partial charge is 0.223 e. The average Bonchev–Trinajstić information content (AvgIpc) is 2.92. The Morgan fingerprint density at radius 1 is 1.20 bits per heavy atom. The van der Waals surface area contributed by atoms with Crippen LogP contribution in [0.2, 0.25) is 0 Å². The molecule has 20 heavy (non-hydrogen) atoms. The molecule has 3 fully saturated rings. The average molecular weight is 280 g/mol. The molecule has 3 rings (SSSR count). The monoisotopic (exact) mass is 280 g/mol. The molecule has 0 aromatic rings. The summed E-state index contributed by atoms with van der Waals surface area (Å²) < 4.78 is 0. The van der Waals surface area contributed by atoms with Gasteiger partial charge in [-0.3, -0.25) is 14.6 Å². The van der Waals surface area contributed by atoms with Gasteiger partial charge in [0.1, 0.15) is 0 Å². The number of piperazine rings is 2. The van der Waals surface area contributed by atoms with Gasteiger partial charge in [0.15, 0.2) is 0 Å². The Morgan fingerprint density at radius 3 is 2.80 bits per heavy atom. The molecule has 1 N–H and O–H groups in total. The summed E-state index contributed by atoms with van der Waals surface area (Å²) in [6.07, 6.45) is 3.39. The van der Waals surface area contributed by atoms with Crippen molar-refractivity contribution in [3.05, 3.63) is 0 Å². The molecule has 3 saturated heterocycles. The fraction of sp³-hybridized carbons (Fsp3) is 0.933. The van der Waals surface area contributed by atoms with E-state index in [1.54, 1.807) is 0 Å². The fourth-order valence-electron chi connectivity index (χ4n) is 3.87. The van der Waals surface area contributed by atoms with Gasteiger partial charge in [-0.1, -0.05) is 0 Å². The second kappa shape index (κ2) is 6.41. The largest absolute Gasteiger partial charge is 0.340 e. The first kappa shape index (κ1) is 14.3. The van der Waals surface area contributed by atoms with E-state index in [0.717, 1.165) is 45.3 Å². The number of hydrogen-bond acceptors (Lipinski definition) is 4. The van der Waals surface area contributed by atoms with Gasteiger partial charge in [0.25, 0.3) is 0 Å². The number of nitrogens with zero attached hydrogens (tertiary/aromatic N) is 3. The Morgan fingerprint density at radius 2 is 2.00 bits per heavy atom. The Kier molecular flexibility index (Phi) is 4.58. The van der Waals surface area contributed by atoms with Crippen LogP contribution in [0.1, 0.15) is 26.2 Å². The fourth-order valence-corrected chi connectivity index (χ4v) is 3.87. The Balaban J connectivity index is 1.46. The Bertz CT molecular complexity index is 343. The lowest BCUT2D eigenvalue weighted by atomic mass is 10.1. The van der Waals surface area contributed by atoms with E-state index in [1.807, 2.05) is 4.90 Å². The van der Waals surface area contributed by atoms with Crippen molar-refractivity contribution >= 4 is 5.91 Å². The van der Waals surface area contributed by atoms with E-state index in [0.29, 0.717) is 18.4 Å². The molecule has 0 aromatic heterocycles. The van der Waals surface area contributed by atoms with Gasteiger partial charge < -0.3 is 10.2 Å². The van der Waals surface area contributed by atoms with Gasteiger partial charge in [-0.25, -0.2) is 0 Å². The quantitative estimate of drug-likeness (QED) is 0.788. The third-order valence-corrected chi connectivity index (χ3v) is 5.15. The van der Waals surface area contributed by atoms with Crippen LogP contribution in [0.25, 0.3) is 0 Å². The molecule has 1 amide bonds. The maximum atomic E-state index is 12.2. The lowest BCUT2D eigenvalue weighted by Crippen LogP contribution is -2.55. The van der Waals surface area contributed by atoms with Crippen LogP contribution < -0.4 is 5.32 Å². The number of amides is 1. The van der Waals surface area contributed by atoms with Crippen LogP contribution in [0.3, 0.4) is 0 Å². The molecular weight excluding hydrogens is 252 g/mol. The van der Waals surface area contributed by atoms with Gasteiger partial charge in [0.05, 0.1) is 0 Å². The summed E-state index contributed by atoms with van der Waals surface area (Å²) in [7, 11) is 0. The molecule has 0 aromatic carbocycles. The number of rotatable bonds is 3. The minimum absolute atomic E-state index is 0.340. The van der Waals surface area contributed by atoms with Crippen molar-refractivity contribution in [1.82, 2.24) is 20.0 Å². The highest BCUT2D eigenvalue weighted by atomic mass is 16.2. The second-order valence-electron chi connectivity index (χ2n) is 6.52. The number of nitrogens with one attached hydrogen (secondary N) is 1. The predicted molar refractivity (Wildman–Crippen MR) is 79.7 cm³/mol. The molecular formula is C15H28N4O. The van der Waals surface area contributed by atoms with Gasteiger partial charge in [0.2, 0.25) is 5.91 Å². The molecule has 2 atom stereocenters. The molecule has 0 radical (unpaired) electrons. The summed E-state index contributed by atoms with van der Waals surface area (Å²) in [4.78, 5) is 19.4. The third-order valence-electron chi connectivity index (χ3n) is 5.15. The van der Waals surface area contributed by atoms with Gasteiger partial charge in [-0.15, -0.1) is 0 Å². The molecule has 2 unspecified atom stereocenters. The van der Waals surface area contributed by atoms with Crippen molar-refractivity contribution in [1.29, 1.82) is 0 Å². The minimum atomic E-state index is 0.340. The maximum Gasteiger partial charge on any atom is 0.223 e. The van der Waals surface area contributed by atoms with E-state index in [4.69, 9.17) is 0 Å². The minimum Gasteiger partial charge on any atom is -0.340 e. The van der Waals surface area contributed by atoms with Gasteiger partial charge in [-0.2, -0.15) is 0 Å². The molecule has 0 spiro atoms. The third kappa shape index (κ3) is 3.15. The number of hydrogen-bond donors (Lipinski definition) is 1. The first-order valence-corrected chi connectivity index (χ1v) is 8.20. The van der Waals surface area contributed by atoms with Gasteiger partial charge in [0, 0.05) is 64.3 Å². The summed E-state index contributed by atoms with van der Waals surface area (Å²) in [6, 6.07) is 1.35. The highest BCUT2D eigenvalue weighted by Crippen LogP contribution is 2.24. The molecule has 3 heterocycles. The van der Waals surface area contributed by atoms with E-state index in [9.17, 15) is 4.79 Å². The number of carbonyl (C=O) groups is 1. The normalized spacial score (nSPS) is 32.4. The van der Waals surface area contributed by atoms with Crippen molar-refractivity contribution in [3.63, 3.8) is 0 Å². The zero-order chi connectivity index (χ0) is 13.9. The molecule has 0 aliphatic carbocycles. The maximum absolute atomic E-state index is 12.2. The van der Waals surface area contributed by atoms with Gasteiger partial charge in [-0.05, 0) is 26.3 Å². The van der Waals surface area contributed by atoms with E-state index in [2.05, 4.69) is 22.0 Å².